The van der Waals surface area contributed by atoms with Crippen LogP contribution in [0.25, 0.3) is 11.3 Å². The van der Waals surface area contributed by atoms with Crippen LogP contribution < -0.4 is 21.5 Å². The number of nitrogens with one attached hydrogen (secondary N) is 3. The van der Waals surface area contributed by atoms with E-state index in [1.54, 1.807) is 38.6 Å². The number of amides is 2. The zero-order valence-corrected chi connectivity index (χ0v) is 16.4. The molecule has 0 aliphatic heterocycles. The van der Waals surface area contributed by atoms with Gasteiger partial charge in [-0.05, 0) is 30.5 Å². The van der Waals surface area contributed by atoms with E-state index >= 15 is 0 Å². The van der Waals surface area contributed by atoms with Gasteiger partial charge in [0.15, 0.2) is 0 Å². The van der Waals surface area contributed by atoms with Gasteiger partial charge in [0.25, 0.3) is 5.56 Å². The van der Waals surface area contributed by atoms with E-state index < -0.39 is 6.17 Å². The first-order valence-corrected chi connectivity index (χ1v) is 9.34. The summed E-state index contributed by atoms with van der Waals surface area (Å²) in [6.45, 7) is 0. The smallest absolute Gasteiger partial charge is 0.316 e. The van der Waals surface area contributed by atoms with Gasteiger partial charge in [-0.15, -0.1) is 0 Å². The molecule has 2 heterocycles. The first-order valence-electron chi connectivity index (χ1n) is 9.34. The van der Waals surface area contributed by atoms with Crippen LogP contribution in [0.3, 0.4) is 0 Å². The molecule has 3 N–H and O–H groups in total. The highest BCUT2D eigenvalue weighted by Crippen LogP contribution is 2.16. The molecule has 1 aromatic carbocycles. The lowest BCUT2D eigenvalue weighted by molar-refractivity contribution is 0.239. The number of aryl methyl sites for hydroxylation is 1. The average molecular weight is 392 g/mol. The zero-order chi connectivity index (χ0) is 20.6. The molecule has 29 heavy (non-hydrogen) atoms. The summed E-state index contributed by atoms with van der Waals surface area (Å²) < 4.78 is 1.42. The molecule has 150 valence electrons. The van der Waals surface area contributed by atoms with Crippen molar-refractivity contribution in [2.24, 2.45) is 7.05 Å². The van der Waals surface area contributed by atoms with Gasteiger partial charge in [-0.3, -0.25) is 14.3 Å². The molecule has 1 unspecified atom stereocenters. The normalized spacial score (nSPS) is 11.5. The van der Waals surface area contributed by atoms with Crippen LogP contribution in [0.4, 0.5) is 10.7 Å². The Morgan fingerprint density at radius 2 is 1.86 bits per heavy atom. The lowest BCUT2D eigenvalue weighted by Crippen LogP contribution is -2.46. The molecular weight excluding hydrogens is 368 g/mol. The summed E-state index contributed by atoms with van der Waals surface area (Å²) in [6, 6.07) is 14.7. The number of urea groups is 1. The van der Waals surface area contributed by atoms with Crippen LogP contribution in [0.1, 0.15) is 12.0 Å². The molecule has 1 atom stereocenters. The van der Waals surface area contributed by atoms with Crippen LogP contribution in [0.15, 0.2) is 65.7 Å². The quantitative estimate of drug-likeness (QED) is 0.535. The fourth-order valence-corrected chi connectivity index (χ4v) is 2.86. The molecule has 0 bridgehead atoms. The molecule has 0 radical (unpaired) electrons. The molecule has 0 saturated carbocycles. The van der Waals surface area contributed by atoms with Crippen molar-refractivity contribution in [3.63, 3.8) is 0 Å². The molecule has 3 rings (SSSR count). The van der Waals surface area contributed by atoms with Gasteiger partial charge in [0.2, 0.25) is 5.95 Å². The number of aromatic nitrogens is 3. The predicted octanol–water partition coefficient (Wildman–Crippen LogP) is 2.14. The van der Waals surface area contributed by atoms with Crippen LogP contribution in [-0.2, 0) is 13.5 Å². The number of benzene rings is 1. The number of hydrogen-bond acceptors (Lipinski definition) is 5. The Balaban J connectivity index is 1.84. The van der Waals surface area contributed by atoms with Crippen molar-refractivity contribution in [2.45, 2.75) is 19.0 Å². The van der Waals surface area contributed by atoms with Gasteiger partial charge in [0.05, 0.1) is 5.69 Å². The zero-order valence-electron chi connectivity index (χ0n) is 16.4. The Kier molecular flexibility index (Phi) is 6.57. The van der Waals surface area contributed by atoms with Crippen LogP contribution in [-0.4, -0.2) is 33.8 Å². The molecule has 0 fully saturated rings. The second kappa shape index (κ2) is 9.50. The first-order chi connectivity index (χ1) is 14.1. The van der Waals surface area contributed by atoms with Crippen molar-refractivity contribution >= 4 is 12.0 Å². The van der Waals surface area contributed by atoms with Crippen LogP contribution in [0.2, 0.25) is 0 Å². The Morgan fingerprint density at radius 3 is 2.55 bits per heavy atom. The minimum absolute atomic E-state index is 0.198. The summed E-state index contributed by atoms with van der Waals surface area (Å²) >= 11 is 0. The SMILES string of the molecule is CNC(=O)NC(CCc1ccccc1)Nc1nc(-c2ccncc2)cc(=O)n1C. The van der Waals surface area contributed by atoms with Gasteiger partial charge in [0.1, 0.15) is 6.17 Å². The van der Waals surface area contributed by atoms with Crippen molar-refractivity contribution in [1.82, 2.24) is 25.2 Å². The molecule has 0 spiro atoms. The van der Waals surface area contributed by atoms with Crippen molar-refractivity contribution in [2.75, 3.05) is 12.4 Å². The fraction of sp³-hybridized carbons (Fsp3) is 0.238. The summed E-state index contributed by atoms with van der Waals surface area (Å²) in [6.07, 6.45) is 4.25. The summed E-state index contributed by atoms with van der Waals surface area (Å²) in [5.74, 6) is 0.374. The largest absolute Gasteiger partial charge is 0.341 e. The third kappa shape index (κ3) is 5.41. The van der Waals surface area contributed by atoms with E-state index in [0.717, 1.165) is 17.5 Å². The minimum atomic E-state index is -0.416. The highest BCUT2D eigenvalue weighted by atomic mass is 16.2. The number of hydrogen-bond donors (Lipinski definition) is 3. The Hall–Kier alpha value is -3.68. The van der Waals surface area contributed by atoms with Crippen LogP contribution in [0.5, 0.6) is 0 Å². The van der Waals surface area contributed by atoms with Crippen molar-refractivity contribution < 1.29 is 4.79 Å². The Morgan fingerprint density at radius 1 is 1.14 bits per heavy atom. The highest BCUT2D eigenvalue weighted by molar-refractivity contribution is 5.74. The monoisotopic (exact) mass is 392 g/mol. The Labute approximate surface area is 169 Å². The highest BCUT2D eigenvalue weighted by Gasteiger charge is 2.15. The molecule has 0 saturated heterocycles. The maximum absolute atomic E-state index is 12.4. The Bertz CT molecular complexity index is 1000. The minimum Gasteiger partial charge on any atom is -0.341 e. The number of nitrogens with zero attached hydrogens (tertiary/aromatic N) is 3. The molecule has 8 nitrogen and oxygen atoms in total. The molecule has 0 aliphatic rings. The second-order valence-electron chi connectivity index (χ2n) is 6.54. The number of carbonyl (C=O) groups is 1. The maximum atomic E-state index is 12.4. The van der Waals surface area contributed by atoms with Gasteiger partial charge < -0.3 is 16.0 Å². The predicted molar refractivity (Wildman–Crippen MR) is 112 cm³/mol. The van der Waals surface area contributed by atoms with E-state index in [4.69, 9.17) is 0 Å². The fourth-order valence-electron chi connectivity index (χ4n) is 2.86. The number of carbonyl (C=O) groups excluding carboxylic acids is 1. The van der Waals surface area contributed by atoms with E-state index in [1.807, 2.05) is 30.3 Å². The lowest BCUT2D eigenvalue weighted by Gasteiger charge is -2.22. The third-order valence-corrected chi connectivity index (χ3v) is 4.51. The van der Waals surface area contributed by atoms with Crippen LogP contribution >= 0.6 is 0 Å². The van der Waals surface area contributed by atoms with Crippen molar-refractivity contribution in [3.8, 4) is 11.3 Å². The first kappa shape index (κ1) is 20.1. The second-order valence-corrected chi connectivity index (χ2v) is 6.54. The van der Waals surface area contributed by atoms with Gasteiger partial charge in [-0.25, -0.2) is 9.78 Å². The summed E-state index contributed by atoms with van der Waals surface area (Å²) in [7, 11) is 3.20. The maximum Gasteiger partial charge on any atom is 0.316 e. The summed E-state index contributed by atoms with van der Waals surface area (Å²) in [5.41, 5.74) is 2.29. The van der Waals surface area contributed by atoms with Gasteiger partial charge in [-0.1, -0.05) is 30.3 Å². The van der Waals surface area contributed by atoms with E-state index in [9.17, 15) is 9.59 Å². The van der Waals surface area contributed by atoms with Crippen molar-refractivity contribution in [3.05, 3.63) is 76.8 Å². The molecule has 0 aliphatic carbocycles. The standard InChI is InChI=1S/C21H24N6O2/c1-22-21(29)26-18(9-8-15-6-4-3-5-7-15)25-20-24-17(14-19(28)27(20)2)16-10-12-23-13-11-16/h3-7,10-14,18H,8-9H2,1-2H3,(H,24,25)(H2,22,26,29). The number of rotatable bonds is 7. The lowest BCUT2D eigenvalue weighted by atomic mass is 10.1. The average Bonchev–Trinajstić information content (AvgIpc) is 2.76. The van der Waals surface area contributed by atoms with Gasteiger partial charge in [-0.2, -0.15) is 0 Å². The number of pyridine rings is 1. The molecule has 3 aromatic rings. The topological polar surface area (TPSA) is 101 Å². The molecule has 2 aromatic heterocycles. The van der Waals surface area contributed by atoms with Crippen LogP contribution in [0, 0.1) is 0 Å². The third-order valence-electron chi connectivity index (χ3n) is 4.51. The number of anilines is 1. The van der Waals surface area contributed by atoms with E-state index in [1.165, 1.54) is 10.6 Å². The van der Waals surface area contributed by atoms with E-state index in [2.05, 4.69) is 25.9 Å². The van der Waals surface area contributed by atoms with Gasteiger partial charge >= 0.3 is 6.03 Å². The van der Waals surface area contributed by atoms with E-state index in [0.29, 0.717) is 18.1 Å². The molecule has 8 heteroatoms. The van der Waals surface area contributed by atoms with Crippen molar-refractivity contribution in [1.29, 1.82) is 0 Å². The molecular formula is C21H24N6O2. The van der Waals surface area contributed by atoms with E-state index in [-0.39, 0.29) is 11.6 Å². The van der Waals surface area contributed by atoms with Gasteiger partial charge in [0, 0.05) is 38.1 Å². The summed E-state index contributed by atoms with van der Waals surface area (Å²) in [4.78, 5) is 32.9. The molecule has 2 amide bonds. The summed E-state index contributed by atoms with van der Waals surface area (Å²) in [5, 5.41) is 8.62.